The normalized spacial score (nSPS) is 55.9. The molecule has 5 aliphatic rings. The molecule has 0 aromatic carbocycles. The summed E-state index contributed by atoms with van der Waals surface area (Å²) in [7, 11) is 0. The molecule has 0 radical (unpaired) electrons. The van der Waals surface area contributed by atoms with Gasteiger partial charge < -0.3 is 14.6 Å². The van der Waals surface area contributed by atoms with Crippen LogP contribution in [-0.2, 0) is 9.47 Å². The van der Waals surface area contributed by atoms with Crippen molar-refractivity contribution >= 4 is 0 Å². The summed E-state index contributed by atoms with van der Waals surface area (Å²) in [6.45, 7) is 6.49. The van der Waals surface area contributed by atoms with Crippen LogP contribution in [0.1, 0.15) is 71.6 Å². The van der Waals surface area contributed by atoms with Crippen LogP contribution in [0.4, 0.5) is 0 Å². The van der Waals surface area contributed by atoms with Gasteiger partial charge in [0.05, 0.1) is 19.3 Å². The minimum absolute atomic E-state index is 0.163. The fourth-order valence-corrected chi connectivity index (χ4v) is 7.98. The molecule has 5 fully saturated rings. The molecule has 0 unspecified atom stereocenters. The summed E-state index contributed by atoms with van der Waals surface area (Å²) >= 11 is 0. The van der Waals surface area contributed by atoms with Gasteiger partial charge in [-0.25, -0.2) is 0 Å². The van der Waals surface area contributed by atoms with Crippen LogP contribution in [0, 0.1) is 34.5 Å². The summed E-state index contributed by atoms with van der Waals surface area (Å²) in [6, 6.07) is 0. The minimum atomic E-state index is -0.367. The zero-order valence-corrected chi connectivity index (χ0v) is 15.4. The third-order valence-corrected chi connectivity index (χ3v) is 9.28. The number of hydrogen-bond acceptors (Lipinski definition) is 3. The molecule has 4 saturated carbocycles. The van der Waals surface area contributed by atoms with E-state index in [2.05, 4.69) is 13.8 Å². The average Bonchev–Trinajstić information content (AvgIpc) is 3.16. The Morgan fingerprint density at radius 1 is 0.875 bits per heavy atom. The Hall–Kier alpha value is -0.120. The van der Waals surface area contributed by atoms with Crippen molar-refractivity contribution in [3.63, 3.8) is 0 Å². The van der Waals surface area contributed by atoms with Crippen molar-refractivity contribution in [2.75, 3.05) is 13.2 Å². The zero-order chi connectivity index (χ0) is 16.6. The second-order valence-electron chi connectivity index (χ2n) is 10.2. The lowest BCUT2D eigenvalue weighted by atomic mass is 9.44. The summed E-state index contributed by atoms with van der Waals surface area (Å²) in [4.78, 5) is 0. The largest absolute Gasteiger partial charge is 0.393 e. The van der Waals surface area contributed by atoms with Crippen molar-refractivity contribution in [2.45, 2.75) is 83.5 Å². The van der Waals surface area contributed by atoms with Gasteiger partial charge in [-0.05, 0) is 73.0 Å². The van der Waals surface area contributed by atoms with E-state index in [1.165, 1.54) is 38.5 Å². The zero-order valence-electron chi connectivity index (χ0n) is 15.4. The van der Waals surface area contributed by atoms with Gasteiger partial charge in [-0.3, -0.25) is 0 Å². The lowest BCUT2D eigenvalue weighted by Gasteiger charge is -2.62. The van der Waals surface area contributed by atoms with Crippen LogP contribution in [0.2, 0.25) is 0 Å². The molecule has 3 nitrogen and oxygen atoms in total. The predicted molar refractivity (Wildman–Crippen MR) is 92.4 cm³/mol. The molecule has 1 N–H and O–H groups in total. The van der Waals surface area contributed by atoms with Crippen molar-refractivity contribution in [1.29, 1.82) is 0 Å². The first-order valence-electron chi connectivity index (χ1n) is 10.4. The van der Waals surface area contributed by atoms with E-state index >= 15 is 0 Å². The van der Waals surface area contributed by atoms with Crippen LogP contribution in [0.3, 0.4) is 0 Å². The van der Waals surface area contributed by atoms with Gasteiger partial charge in [0.2, 0.25) is 0 Å². The highest BCUT2D eigenvalue weighted by Crippen LogP contribution is 2.67. The Morgan fingerprint density at radius 2 is 1.67 bits per heavy atom. The first kappa shape index (κ1) is 16.1. The van der Waals surface area contributed by atoms with Gasteiger partial charge in [-0.2, -0.15) is 0 Å². The lowest BCUT2D eigenvalue weighted by Crippen LogP contribution is -2.59. The molecule has 1 saturated heterocycles. The Morgan fingerprint density at radius 3 is 2.46 bits per heavy atom. The topological polar surface area (TPSA) is 38.7 Å². The van der Waals surface area contributed by atoms with E-state index in [0.717, 1.165) is 50.2 Å². The molecule has 1 heterocycles. The van der Waals surface area contributed by atoms with Crippen LogP contribution in [0.5, 0.6) is 0 Å². The quantitative estimate of drug-likeness (QED) is 0.724. The Kier molecular flexibility index (Phi) is 3.49. The molecule has 0 bridgehead atoms. The van der Waals surface area contributed by atoms with Crippen LogP contribution < -0.4 is 0 Å². The summed E-state index contributed by atoms with van der Waals surface area (Å²) in [6.07, 6.45) is 11.0. The van der Waals surface area contributed by atoms with E-state index < -0.39 is 0 Å². The first-order valence-corrected chi connectivity index (χ1v) is 10.4. The van der Waals surface area contributed by atoms with Crippen LogP contribution in [0.25, 0.3) is 0 Å². The Bertz CT molecular complexity index is 513. The maximum atomic E-state index is 11.1. The van der Waals surface area contributed by atoms with Crippen molar-refractivity contribution < 1.29 is 14.6 Å². The fourth-order valence-electron chi connectivity index (χ4n) is 7.98. The highest BCUT2D eigenvalue weighted by molar-refractivity contribution is 5.10. The molecule has 5 rings (SSSR count). The van der Waals surface area contributed by atoms with Gasteiger partial charge in [0.15, 0.2) is 5.79 Å². The molecule has 1 aliphatic heterocycles. The van der Waals surface area contributed by atoms with Gasteiger partial charge in [0, 0.05) is 12.8 Å². The molecule has 24 heavy (non-hydrogen) atoms. The van der Waals surface area contributed by atoms with Crippen molar-refractivity contribution in [2.24, 2.45) is 34.5 Å². The Balaban J connectivity index is 1.45. The number of fused-ring (bicyclic) bond motifs is 5. The summed E-state index contributed by atoms with van der Waals surface area (Å²) in [5.74, 6) is 2.41. The van der Waals surface area contributed by atoms with E-state index in [9.17, 15) is 5.11 Å². The second-order valence-corrected chi connectivity index (χ2v) is 10.2. The van der Waals surface area contributed by atoms with Crippen LogP contribution in [0.15, 0.2) is 0 Å². The van der Waals surface area contributed by atoms with Gasteiger partial charge >= 0.3 is 0 Å². The number of aliphatic hydroxyl groups is 1. The molecule has 0 aromatic heterocycles. The first-order chi connectivity index (χ1) is 11.5. The van der Waals surface area contributed by atoms with Gasteiger partial charge in [0.1, 0.15) is 0 Å². The molecule has 136 valence electrons. The second kappa shape index (κ2) is 5.20. The molecule has 3 heteroatoms. The maximum Gasteiger partial charge on any atom is 0.168 e. The molecular formula is C21H34O3. The third kappa shape index (κ3) is 2.07. The Labute approximate surface area is 146 Å². The highest BCUT2D eigenvalue weighted by atomic mass is 16.7. The number of hydrogen-bond donors (Lipinski definition) is 1. The smallest absolute Gasteiger partial charge is 0.168 e. The molecule has 4 aliphatic carbocycles. The SMILES string of the molecule is C[C@]12CCC[C@@H]1[C@@H]1C[C@H](O)[C@H]3CC4(CC[C@]3(C)[C@H]1CC2)OCCO4. The number of rotatable bonds is 0. The van der Waals surface area contributed by atoms with E-state index in [1.54, 1.807) is 0 Å². The maximum absolute atomic E-state index is 11.1. The molecule has 1 spiro atoms. The standard InChI is InChI=1S/C21H34O3/c1-19-6-3-4-15(19)14-12-18(22)17-13-21(23-10-11-24-21)9-8-20(17,2)16(14)5-7-19/h14-18,22H,3-13H2,1-2H3/t14-,15+,16-,17+,18-,19+,20+/m0/s1. The molecule has 7 atom stereocenters. The van der Waals surface area contributed by atoms with Crippen LogP contribution >= 0.6 is 0 Å². The van der Waals surface area contributed by atoms with Crippen LogP contribution in [-0.4, -0.2) is 30.2 Å². The van der Waals surface area contributed by atoms with Gasteiger partial charge in [0.25, 0.3) is 0 Å². The van der Waals surface area contributed by atoms with E-state index in [4.69, 9.17) is 9.47 Å². The lowest BCUT2D eigenvalue weighted by molar-refractivity contribution is -0.247. The fraction of sp³-hybridized carbons (Fsp3) is 1.00. The summed E-state index contributed by atoms with van der Waals surface area (Å²) in [5.41, 5.74) is 0.852. The van der Waals surface area contributed by atoms with Crippen molar-refractivity contribution in [3.8, 4) is 0 Å². The van der Waals surface area contributed by atoms with E-state index in [-0.39, 0.29) is 17.3 Å². The molecule has 0 aromatic rings. The third-order valence-electron chi connectivity index (χ3n) is 9.28. The highest BCUT2D eigenvalue weighted by Gasteiger charge is 2.62. The van der Waals surface area contributed by atoms with Crippen molar-refractivity contribution in [3.05, 3.63) is 0 Å². The average molecular weight is 335 g/mol. The monoisotopic (exact) mass is 334 g/mol. The number of aliphatic hydroxyl groups excluding tert-OH is 1. The summed E-state index contributed by atoms with van der Waals surface area (Å²) < 4.78 is 12.0. The number of ether oxygens (including phenoxy) is 2. The van der Waals surface area contributed by atoms with Gasteiger partial charge in [-0.15, -0.1) is 0 Å². The van der Waals surface area contributed by atoms with E-state index in [1.807, 2.05) is 0 Å². The van der Waals surface area contributed by atoms with Crippen molar-refractivity contribution in [1.82, 2.24) is 0 Å². The minimum Gasteiger partial charge on any atom is -0.393 e. The molecular weight excluding hydrogens is 300 g/mol. The predicted octanol–water partition coefficient (Wildman–Crippen LogP) is 4.13. The molecule has 0 amide bonds. The van der Waals surface area contributed by atoms with Gasteiger partial charge in [-0.1, -0.05) is 20.3 Å². The van der Waals surface area contributed by atoms with E-state index in [0.29, 0.717) is 11.3 Å². The summed E-state index contributed by atoms with van der Waals surface area (Å²) in [5, 5.41) is 11.1.